The van der Waals surface area contributed by atoms with Crippen molar-refractivity contribution in [2.24, 2.45) is 0 Å². The van der Waals surface area contributed by atoms with E-state index < -0.39 is 0 Å². The van der Waals surface area contributed by atoms with Crippen LogP contribution >= 0.6 is 0 Å². The summed E-state index contributed by atoms with van der Waals surface area (Å²) in [5.74, 6) is 1.44. The molecule has 1 N–H and O–H groups in total. The molecule has 5 heteroatoms. The SMILES string of the molecule is CC(C)c1cccc(C(C)C)c1NC(=O)c1ccc(N2CCOCC2)nc1. The van der Waals surface area contributed by atoms with Gasteiger partial charge >= 0.3 is 0 Å². The topological polar surface area (TPSA) is 54.5 Å². The van der Waals surface area contributed by atoms with Crippen molar-refractivity contribution in [1.82, 2.24) is 4.98 Å². The van der Waals surface area contributed by atoms with Crippen LogP contribution in [0.5, 0.6) is 0 Å². The summed E-state index contributed by atoms with van der Waals surface area (Å²) in [5.41, 5.74) is 3.82. The van der Waals surface area contributed by atoms with Crippen LogP contribution in [0.2, 0.25) is 0 Å². The number of nitrogens with zero attached hydrogens (tertiary/aromatic N) is 2. The lowest BCUT2D eigenvalue weighted by Crippen LogP contribution is -2.36. The molecule has 2 aromatic rings. The van der Waals surface area contributed by atoms with Crippen molar-refractivity contribution in [3.05, 3.63) is 53.2 Å². The van der Waals surface area contributed by atoms with Gasteiger partial charge in [0.2, 0.25) is 0 Å². The second-order valence-corrected chi connectivity index (χ2v) is 7.58. The Morgan fingerprint density at radius 3 is 2.19 bits per heavy atom. The normalized spacial score (nSPS) is 14.7. The van der Waals surface area contributed by atoms with Gasteiger partial charge in [0, 0.05) is 25.0 Å². The lowest BCUT2D eigenvalue weighted by Gasteiger charge is -2.27. The Bertz CT molecular complexity index is 752. The van der Waals surface area contributed by atoms with Crippen LogP contribution in [0.15, 0.2) is 36.5 Å². The Morgan fingerprint density at radius 2 is 1.67 bits per heavy atom. The third-order valence-electron chi connectivity index (χ3n) is 4.96. The molecule has 0 saturated carbocycles. The maximum Gasteiger partial charge on any atom is 0.257 e. The third-order valence-corrected chi connectivity index (χ3v) is 4.96. The van der Waals surface area contributed by atoms with Crippen LogP contribution in [0.4, 0.5) is 11.5 Å². The molecule has 0 radical (unpaired) electrons. The number of hydrogen-bond donors (Lipinski definition) is 1. The molecule has 27 heavy (non-hydrogen) atoms. The van der Waals surface area contributed by atoms with E-state index in [1.165, 1.54) is 0 Å². The molecule has 0 atom stereocenters. The summed E-state index contributed by atoms with van der Waals surface area (Å²) < 4.78 is 5.38. The molecule has 1 aliphatic rings. The number of carbonyl (C=O) groups excluding carboxylic acids is 1. The maximum absolute atomic E-state index is 12.9. The molecule has 144 valence electrons. The first-order chi connectivity index (χ1) is 13.0. The first-order valence-electron chi connectivity index (χ1n) is 9.70. The number of aromatic nitrogens is 1. The van der Waals surface area contributed by atoms with Crippen molar-refractivity contribution >= 4 is 17.4 Å². The van der Waals surface area contributed by atoms with E-state index >= 15 is 0 Å². The number of nitrogens with one attached hydrogen (secondary N) is 1. The van der Waals surface area contributed by atoms with Gasteiger partial charge in [0.25, 0.3) is 5.91 Å². The fourth-order valence-electron chi connectivity index (χ4n) is 3.38. The van der Waals surface area contributed by atoms with Gasteiger partial charge in [-0.3, -0.25) is 4.79 Å². The summed E-state index contributed by atoms with van der Waals surface area (Å²) in [7, 11) is 0. The zero-order chi connectivity index (χ0) is 19.4. The van der Waals surface area contributed by atoms with Gasteiger partial charge in [-0.15, -0.1) is 0 Å². The Labute approximate surface area is 161 Å². The molecule has 1 aromatic carbocycles. The number of carbonyl (C=O) groups is 1. The molecule has 1 fully saturated rings. The molecule has 5 nitrogen and oxygen atoms in total. The van der Waals surface area contributed by atoms with Crippen molar-refractivity contribution in [3.63, 3.8) is 0 Å². The first kappa shape index (κ1) is 19.4. The minimum atomic E-state index is -0.119. The fourth-order valence-corrected chi connectivity index (χ4v) is 3.38. The van der Waals surface area contributed by atoms with Gasteiger partial charge in [-0.05, 0) is 35.1 Å². The van der Waals surface area contributed by atoms with Gasteiger partial charge in [0.15, 0.2) is 0 Å². The largest absolute Gasteiger partial charge is 0.378 e. The second-order valence-electron chi connectivity index (χ2n) is 7.58. The average molecular weight is 367 g/mol. The zero-order valence-electron chi connectivity index (χ0n) is 16.7. The van der Waals surface area contributed by atoms with E-state index in [0.717, 1.165) is 35.7 Å². The predicted molar refractivity (Wildman–Crippen MR) is 110 cm³/mol. The summed E-state index contributed by atoms with van der Waals surface area (Å²) in [6, 6.07) is 10.0. The van der Waals surface area contributed by atoms with Gasteiger partial charge in [0.05, 0.1) is 18.8 Å². The summed E-state index contributed by atoms with van der Waals surface area (Å²) in [6.07, 6.45) is 1.66. The van der Waals surface area contributed by atoms with Crippen LogP contribution in [0.1, 0.15) is 61.0 Å². The summed E-state index contributed by atoms with van der Waals surface area (Å²) in [6.45, 7) is 11.7. The number of morpholine rings is 1. The van der Waals surface area contributed by atoms with E-state index in [9.17, 15) is 4.79 Å². The molecule has 0 aliphatic carbocycles. The lowest BCUT2D eigenvalue weighted by atomic mass is 9.92. The van der Waals surface area contributed by atoms with E-state index in [1.54, 1.807) is 6.20 Å². The Kier molecular flexibility index (Phi) is 6.11. The fraction of sp³-hybridized carbons (Fsp3) is 0.455. The van der Waals surface area contributed by atoms with E-state index in [4.69, 9.17) is 4.74 Å². The van der Waals surface area contributed by atoms with E-state index in [0.29, 0.717) is 30.6 Å². The standard InChI is InChI=1S/C22H29N3O2/c1-15(2)18-6-5-7-19(16(3)4)21(18)24-22(26)17-8-9-20(23-14-17)25-10-12-27-13-11-25/h5-9,14-16H,10-13H2,1-4H3,(H,24,26). The molecule has 0 spiro atoms. The van der Waals surface area contributed by atoms with Crippen molar-refractivity contribution in [1.29, 1.82) is 0 Å². The van der Waals surface area contributed by atoms with Crippen LogP contribution < -0.4 is 10.2 Å². The predicted octanol–water partition coefficient (Wildman–Crippen LogP) is 4.42. The number of rotatable bonds is 5. The zero-order valence-corrected chi connectivity index (χ0v) is 16.7. The van der Waals surface area contributed by atoms with Crippen molar-refractivity contribution in [3.8, 4) is 0 Å². The molecule has 1 aliphatic heterocycles. The molecule has 3 rings (SSSR count). The lowest BCUT2D eigenvalue weighted by molar-refractivity contribution is 0.102. The number of para-hydroxylation sites is 1. The molecular formula is C22H29N3O2. The van der Waals surface area contributed by atoms with Crippen molar-refractivity contribution < 1.29 is 9.53 Å². The highest BCUT2D eigenvalue weighted by Crippen LogP contribution is 2.32. The second kappa shape index (κ2) is 8.53. The van der Waals surface area contributed by atoms with E-state index in [1.807, 2.05) is 12.1 Å². The molecule has 1 saturated heterocycles. The van der Waals surface area contributed by atoms with Crippen LogP contribution in [0.25, 0.3) is 0 Å². The smallest absolute Gasteiger partial charge is 0.257 e. The first-order valence-corrected chi connectivity index (χ1v) is 9.70. The average Bonchev–Trinajstić information content (AvgIpc) is 2.68. The summed E-state index contributed by atoms with van der Waals surface area (Å²) in [5, 5.41) is 3.14. The maximum atomic E-state index is 12.9. The molecule has 0 unspecified atom stereocenters. The third kappa shape index (κ3) is 4.48. The van der Waals surface area contributed by atoms with Crippen LogP contribution in [-0.4, -0.2) is 37.2 Å². The Morgan fingerprint density at radius 1 is 1.04 bits per heavy atom. The van der Waals surface area contributed by atoms with Gasteiger partial charge in [-0.2, -0.15) is 0 Å². The van der Waals surface area contributed by atoms with Crippen LogP contribution in [-0.2, 0) is 4.74 Å². The highest BCUT2D eigenvalue weighted by atomic mass is 16.5. The minimum absolute atomic E-state index is 0.119. The number of anilines is 2. The number of amides is 1. The van der Waals surface area contributed by atoms with Gasteiger partial charge in [-0.25, -0.2) is 4.98 Å². The Hall–Kier alpha value is -2.40. The monoisotopic (exact) mass is 367 g/mol. The highest BCUT2D eigenvalue weighted by molar-refractivity contribution is 6.05. The van der Waals surface area contributed by atoms with Gasteiger partial charge in [0.1, 0.15) is 5.82 Å². The van der Waals surface area contributed by atoms with Crippen LogP contribution in [0, 0.1) is 0 Å². The number of pyridine rings is 1. The molecule has 2 heterocycles. The van der Waals surface area contributed by atoms with E-state index in [-0.39, 0.29) is 5.91 Å². The number of ether oxygens (including phenoxy) is 1. The molecule has 0 bridgehead atoms. The minimum Gasteiger partial charge on any atom is -0.378 e. The summed E-state index contributed by atoms with van der Waals surface area (Å²) >= 11 is 0. The quantitative estimate of drug-likeness (QED) is 0.850. The Balaban J connectivity index is 1.81. The van der Waals surface area contributed by atoms with Gasteiger partial charge < -0.3 is 15.0 Å². The molecule has 1 amide bonds. The number of hydrogen-bond acceptors (Lipinski definition) is 4. The van der Waals surface area contributed by atoms with Crippen molar-refractivity contribution in [2.75, 3.05) is 36.5 Å². The number of benzene rings is 1. The molecule has 1 aromatic heterocycles. The highest BCUT2D eigenvalue weighted by Gasteiger charge is 2.18. The molecular weight excluding hydrogens is 338 g/mol. The van der Waals surface area contributed by atoms with Crippen molar-refractivity contribution in [2.45, 2.75) is 39.5 Å². The van der Waals surface area contributed by atoms with E-state index in [2.05, 4.69) is 61.1 Å². The van der Waals surface area contributed by atoms with Gasteiger partial charge in [-0.1, -0.05) is 45.9 Å². The summed E-state index contributed by atoms with van der Waals surface area (Å²) in [4.78, 5) is 19.5. The van der Waals surface area contributed by atoms with Crippen LogP contribution in [0.3, 0.4) is 0 Å².